The lowest BCUT2D eigenvalue weighted by atomic mass is 9.73. The van der Waals surface area contributed by atoms with Crippen LogP contribution in [0.5, 0.6) is 0 Å². The largest absolute Gasteiger partial charge is 0.461 e. The summed E-state index contributed by atoms with van der Waals surface area (Å²) < 4.78 is 12.3. The Balaban J connectivity index is 1.79. The zero-order valence-corrected chi connectivity index (χ0v) is 20.6. The summed E-state index contributed by atoms with van der Waals surface area (Å²) in [4.78, 5) is 44.8. The zero-order chi connectivity index (χ0) is 24.5. The summed E-state index contributed by atoms with van der Waals surface area (Å²) >= 11 is 0. The molecule has 1 spiro atoms. The van der Waals surface area contributed by atoms with Gasteiger partial charge in [0.1, 0.15) is 29.8 Å². The number of hydrogen-bond donors (Lipinski definition) is 1. The number of esters is 1. The van der Waals surface area contributed by atoms with E-state index in [1.807, 2.05) is 37.0 Å². The van der Waals surface area contributed by atoms with Crippen molar-refractivity contribution in [2.24, 2.45) is 11.8 Å². The smallest absolute Gasteiger partial charge is 0.313 e. The highest BCUT2D eigenvalue weighted by atomic mass is 16.6. The predicted molar refractivity (Wildman–Crippen MR) is 126 cm³/mol. The molecule has 2 saturated heterocycles. The lowest BCUT2D eigenvalue weighted by molar-refractivity contribution is -0.159. The summed E-state index contributed by atoms with van der Waals surface area (Å²) in [6.07, 6.45) is 11.8. The van der Waals surface area contributed by atoms with Crippen LogP contribution in [0, 0.1) is 11.8 Å². The van der Waals surface area contributed by atoms with Gasteiger partial charge < -0.3 is 24.4 Å². The van der Waals surface area contributed by atoms with Gasteiger partial charge in [-0.15, -0.1) is 0 Å². The fourth-order valence-electron chi connectivity index (χ4n) is 6.39. The molecule has 2 amide bonds. The third kappa shape index (κ3) is 3.79. The molecule has 4 aliphatic rings. The van der Waals surface area contributed by atoms with Gasteiger partial charge in [0.2, 0.25) is 11.8 Å². The molecular weight excluding hydrogens is 436 g/mol. The normalized spacial score (nSPS) is 35.5. The van der Waals surface area contributed by atoms with Crippen LogP contribution in [-0.2, 0) is 23.9 Å². The van der Waals surface area contributed by atoms with E-state index >= 15 is 0 Å². The summed E-state index contributed by atoms with van der Waals surface area (Å²) in [5.41, 5.74) is -2.20. The van der Waals surface area contributed by atoms with Gasteiger partial charge in [-0.2, -0.15) is 0 Å². The third-order valence-corrected chi connectivity index (χ3v) is 8.02. The number of likely N-dealkylation sites (tertiary alicyclic amines) is 1. The maximum atomic E-state index is 14.1. The van der Waals surface area contributed by atoms with Crippen molar-refractivity contribution in [3.63, 3.8) is 0 Å². The van der Waals surface area contributed by atoms with Crippen molar-refractivity contribution in [2.75, 3.05) is 26.3 Å². The highest BCUT2D eigenvalue weighted by Crippen LogP contribution is 2.58. The Bertz CT molecular complexity index is 871. The minimum absolute atomic E-state index is 0.0274. The van der Waals surface area contributed by atoms with Crippen molar-refractivity contribution >= 4 is 17.8 Å². The van der Waals surface area contributed by atoms with E-state index in [2.05, 4.69) is 6.92 Å². The number of cyclic esters (lactones) is 1. The average molecular weight is 475 g/mol. The molecule has 0 aromatic rings. The summed E-state index contributed by atoms with van der Waals surface area (Å²) in [6, 6.07) is -0.798. The summed E-state index contributed by atoms with van der Waals surface area (Å²) in [7, 11) is 0. The molecule has 0 bridgehead atoms. The molecule has 8 nitrogen and oxygen atoms in total. The van der Waals surface area contributed by atoms with Gasteiger partial charge in [-0.3, -0.25) is 14.4 Å². The maximum Gasteiger partial charge on any atom is 0.313 e. The summed E-state index contributed by atoms with van der Waals surface area (Å²) in [5, 5.41) is 9.17. The number of carbonyl (C=O) groups excluding carboxylic acids is 3. The molecule has 4 rings (SSSR count). The van der Waals surface area contributed by atoms with E-state index in [1.165, 1.54) is 0 Å². The number of aliphatic hydroxyl groups excluding tert-OH is 1. The molecule has 0 saturated carbocycles. The topological polar surface area (TPSA) is 96.4 Å². The number of rotatable bonds is 9. The van der Waals surface area contributed by atoms with Crippen LogP contribution in [0.2, 0.25) is 0 Å². The van der Waals surface area contributed by atoms with Crippen molar-refractivity contribution in [3.05, 3.63) is 24.3 Å². The fraction of sp³-hybridized carbons (Fsp3) is 0.731. The van der Waals surface area contributed by atoms with Crippen LogP contribution in [0.4, 0.5) is 0 Å². The van der Waals surface area contributed by atoms with E-state index in [4.69, 9.17) is 14.6 Å². The molecule has 34 heavy (non-hydrogen) atoms. The van der Waals surface area contributed by atoms with Crippen LogP contribution in [0.1, 0.15) is 59.3 Å². The molecule has 2 unspecified atom stereocenters. The fourth-order valence-corrected chi connectivity index (χ4v) is 6.39. The Morgan fingerprint density at radius 3 is 2.59 bits per heavy atom. The molecule has 188 valence electrons. The quantitative estimate of drug-likeness (QED) is 0.313. The van der Waals surface area contributed by atoms with Crippen LogP contribution < -0.4 is 0 Å². The minimum Gasteiger partial charge on any atom is -0.461 e. The predicted octanol–water partition coefficient (Wildman–Crippen LogP) is 2.21. The molecule has 6 atom stereocenters. The van der Waals surface area contributed by atoms with Crippen LogP contribution >= 0.6 is 0 Å². The first-order valence-electron chi connectivity index (χ1n) is 12.8. The van der Waals surface area contributed by atoms with Crippen LogP contribution in [0.15, 0.2) is 24.3 Å². The Kier molecular flexibility index (Phi) is 7.20. The number of nitrogens with zero attached hydrogens (tertiary/aromatic N) is 2. The van der Waals surface area contributed by atoms with Gasteiger partial charge in [-0.1, -0.05) is 38.5 Å². The average Bonchev–Trinajstić information content (AvgIpc) is 3.08. The molecular formula is C26H38N2O6. The summed E-state index contributed by atoms with van der Waals surface area (Å²) in [5.74, 6) is -2.39. The maximum absolute atomic E-state index is 14.1. The van der Waals surface area contributed by atoms with Crippen molar-refractivity contribution in [1.82, 2.24) is 9.80 Å². The van der Waals surface area contributed by atoms with Crippen molar-refractivity contribution in [3.8, 4) is 0 Å². The Morgan fingerprint density at radius 1 is 1.09 bits per heavy atom. The molecule has 1 N–H and O–H groups in total. The minimum atomic E-state index is -1.22. The van der Waals surface area contributed by atoms with Crippen molar-refractivity contribution < 1.29 is 29.0 Å². The number of hydrogen-bond acceptors (Lipinski definition) is 6. The van der Waals surface area contributed by atoms with Gasteiger partial charge in [0.25, 0.3) is 0 Å². The van der Waals surface area contributed by atoms with Gasteiger partial charge in [-0.05, 0) is 45.1 Å². The van der Waals surface area contributed by atoms with Gasteiger partial charge in [0.15, 0.2) is 0 Å². The number of unbranched alkanes of at least 4 members (excludes halogenated alkanes) is 2. The molecule has 4 heterocycles. The van der Waals surface area contributed by atoms with Crippen LogP contribution in [0.25, 0.3) is 0 Å². The molecule has 4 aliphatic heterocycles. The standard InChI is InChI=1S/C26H38N2O6/c1-4-11-18(3)27-15-9-13-26-19(20-24(32)33-17-10-12-25(20,5-2)34-26)22(30)28(21(26)23(27)31)14-7-6-8-16-29/h9-10,12-13,18-21,29H,4-8,11,14-17H2,1-3H3/t18?,19-,20+,21?,25-,26-/m0/s1. The van der Waals surface area contributed by atoms with Gasteiger partial charge in [0, 0.05) is 25.7 Å². The number of aliphatic hydroxyl groups is 1. The molecule has 8 heteroatoms. The Hall–Kier alpha value is -2.19. The van der Waals surface area contributed by atoms with E-state index in [0.717, 1.165) is 19.3 Å². The number of fused-ring (bicyclic) bond motifs is 2. The second kappa shape index (κ2) is 9.82. The van der Waals surface area contributed by atoms with Crippen LogP contribution in [-0.4, -0.2) is 82.3 Å². The Morgan fingerprint density at radius 2 is 1.88 bits per heavy atom. The Labute approximate surface area is 201 Å². The van der Waals surface area contributed by atoms with Crippen molar-refractivity contribution in [1.29, 1.82) is 0 Å². The summed E-state index contributed by atoms with van der Waals surface area (Å²) in [6.45, 7) is 7.16. The highest BCUT2D eigenvalue weighted by Gasteiger charge is 2.75. The van der Waals surface area contributed by atoms with E-state index < -0.39 is 35.0 Å². The number of amides is 2. The second-order valence-electron chi connectivity index (χ2n) is 10.0. The lowest BCUT2D eigenvalue weighted by Gasteiger charge is -2.39. The van der Waals surface area contributed by atoms with Crippen LogP contribution in [0.3, 0.4) is 0 Å². The first-order chi connectivity index (χ1) is 16.4. The third-order valence-electron chi connectivity index (χ3n) is 8.02. The highest BCUT2D eigenvalue weighted by molar-refractivity contribution is 5.99. The monoisotopic (exact) mass is 474 g/mol. The first-order valence-corrected chi connectivity index (χ1v) is 12.8. The van der Waals surface area contributed by atoms with E-state index in [0.29, 0.717) is 32.4 Å². The molecule has 2 fully saturated rings. The molecule has 0 aliphatic carbocycles. The van der Waals surface area contributed by atoms with Gasteiger partial charge >= 0.3 is 5.97 Å². The lowest BCUT2D eigenvalue weighted by Crippen LogP contribution is -2.57. The first kappa shape index (κ1) is 24.9. The van der Waals surface area contributed by atoms with E-state index in [1.54, 1.807) is 11.0 Å². The SMILES string of the molecule is CCCC(C)N1CC=C[C@]23O[C@@]4(CC)C=CCOC(=O)[C@H]4[C@H]2C(=O)N(CCCCCO)C3C1=O. The second-order valence-corrected chi connectivity index (χ2v) is 10.0. The molecule has 0 aromatic heterocycles. The molecule has 0 radical (unpaired) electrons. The van der Waals surface area contributed by atoms with E-state index in [9.17, 15) is 14.4 Å². The molecule has 0 aromatic carbocycles. The zero-order valence-electron chi connectivity index (χ0n) is 20.6. The van der Waals surface area contributed by atoms with Gasteiger partial charge in [0.05, 0.1) is 5.92 Å². The van der Waals surface area contributed by atoms with Crippen molar-refractivity contribution in [2.45, 2.75) is 82.6 Å². The number of carbonyl (C=O) groups is 3. The number of ether oxygens (including phenoxy) is 2. The van der Waals surface area contributed by atoms with Gasteiger partial charge in [-0.25, -0.2) is 0 Å². The van der Waals surface area contributed by atoms with E-state index in [-0.39, 0.29) is 31.1 Å².